The van der Waals surface area contributed by atoms with Crippen molar-refractivity contribution in [1.82, 2.24) is 15.6 Å². The van der Waals surface area contributed by atoms with Gasteiger partial charge in [0.15, 0.2) is 5.96 Å². The molecule has 1 aromatic heterocycles. The van der Waals surface area contributed by atoms with Crippen LogP contribution in [0, 0.1) is 12.8 Å². The average Bonchev–Trinajstić information content (AvgIpc) is 2.54. The summed E-state index contributed by atoms with van der Waals surface area (Å²) in [5.41, 5.74) is 1.07. The van der Waals surface area contributed by atoms with Gasteiger partial charge in [0.2, 0.25) is 5.91 Å². The van der Waals surface area contributed by atoms with E-state index in [0.29, 0.717) is 30.7 Å². The molecule has 0 aliphatic carbocycles. The molecule has 1 unspecified atom stereocenters. The fourth-order valence-electron chi connectivity index (χ4n) is 2.13. The monoisotopic (exact) mass is 461 g/mol. The molecule has 6 nitrogen and oxygen atoms in total. The molecule has 0 aromatic carbocycles. The third-order valence-electron chi connectivity index (χ3n) is 3.61. The van der Waals surface area contributed by atoms with Crippen LogP contribution in [0.4, 0.5) is 5.82 Å². The summed E-state index contributed by atoms with van der Waals surface area (Å²) in [4.78, 5) is 20.3. The number of nitrogens with one attached hydrogen (secondary N) is 3. The highest BCUT2D eigenvalue weighted by atomic mass is 127. The Morgan fingerprint density at radius 1 is 1.24 bits per heavy atom. The highest BCUT2D eigenvalue weighted by Crippen LogP contribution is 2.06. The number of amides is 1. The Morgan fingerprint density at radius 3 is 2.52 bits per heavy atom. The quantitative estimate of drug-likeness (QED) is 0.315. The van der Waals surface area contributed by atoms with Gasteiger partial charge < -0.3 is 16.0 Å². The lowest BCUT2D eigenvalue weighted by atomic mass is 10.0. The summed E-state index contributed by atoms with van der Waals surface area (Å²) < 4.78 is 0. The fraction of sp³-hybridized carbons (Fsp3) is 0.611. The molecule has 1 atom stereocenters. The van der Waals surface area contributed by atoms with Crippen molar-refractivity contribution in [2.45, 2.75) is 53.0 Å². The molecule has 0 saturated heterocycles. The van der Waals surface area contributed by atoms with Gasteiger partial charge in [0.25, 0.3) is 0 Å². The Morgan fingerprint density at radius 2 is 1.96 bits per heavy atom. The van der Waals surface area contributed by atoms with Crippen LogP contribution < -0.4 is 16.0 Å². The van der Waals surface area contributed by atoms with E-state index >= 15 is 0 Å². The van der Waals surface area contributed by atoms with Crippen molar-refractivity contribution in [3.05, 3.63) is 23.9 Å². The number of carbonyl (C=O) groups excluding carboxylic acids is 1. The maximum Gasteiger partial charge on any atom is 0.227 e. The van der Waals surface area contributed by atoms with Gasteiger partial charge in [0, 0.05) is 32.3 Å². The number of guanidine groups is 1. The first-order valence-electron chi connectivity index (χ1n) is 8.60. The molecule has 0 aliphatic rings. The van der Waals surface area contributed by atoms with Crippen LogP contribution in [-0.4, -0.2) is 36.5 Å². The van der Waals surface area contributed by atoms with Crippen molar-refractivity contribution in [2.75, 3.05) is 18.9 Å². The van der Waals surface area contributed by atoms with Gasteiger partial charge in [-0.3, -0.25) is 9.79 Å². The second-order valence-electron chi connectivity index (χ2n) is 6.53. The van der Waals surface area contributed by atoms with Crippen LogP contribution in [0.3, 0.4) is 0 Å². The predicted molar refractivity (Wildman–Crippen MR) is 116 cm³/mol. The lowest BCUT2D eigenvalue weighted by Gasteiger charge is -2.18. The van der Waals surface area contributed by atoms with Crippen molar-refractivity contribution in [2.24, 2.45) is 10.9 Å². The minimum absolute atomic E-state index is 0. The van der Waals surface area contributed by atoms with Crippen LogP contribution in [0.15, 0.2) is 23.3 Å². The second kappa shape index (κ2) is 12.9. The number of halogens is 1. The first-order chi connectivity index (χ1) is 11.4. The number of anilines is 1. The second-order valence-corrected chi connectivity index (χ2v) is 6.53. The molecule has 7 heteroatoms. The Bertz CT molecular complexity index is 531. The summed E-state index contributed by atoms with van der Waals surface area (Å²) >= 11 is 0. The number of aromatic nitrogens is 1. The molecular formula is C18H32IN5O. The number of hydrogen-bond donors (Lipinski definition) is 3. The van der Waals surface area contributed by atoms with Gasteiger partial charge in [-0.2, -0.15) is 0 Å². The first-order valence-corrected chi connectivity index (χ1v) is 8.60. The van der Waals surface area contributed by atoms with Crippen LogP contribution in [0.5, 0.6) is 0 Å². The molecule has 1 rings (SSSR count). The number of carbonyl (C=O) groups is 1. The zero-order valence-electron chi connectivity index (χ0n) is 15.9. The standard InChI is InChI=1S/C18H31N5O.HI/c1-13(2)6-8-15(4)22-18(19-5)20-11-10-17(24)23-16-9-7-14(3)12-21-16;/h7,9,12-13,15H,6,8,10-11H2,1-5H3,(H2,19,20,22)(H,21,23,24);1H. The van der Waals surface area contributed by atoms with E-state index in [1.807, 2.05) is 13.0 Å². The van der Waals surface area contributed by atoms with Crippen LogP contribution in [0.1, 0.15) is 45.6 Å². The van der Waals surface area contributed by atoms with Crippen molar-refractivity contribution >= 4 is 41.7 Å². The van der Waals surface area contributed by atoms with Crippen molar-refractivity contribution in [3.8, 4) is 0 Å². The van der Waals surface area contributed by atoms with E-state index < -0.39 is 0 Å². The predicted octanol–water partition coefficient (Wildman–Crippen LogP) is 3.33. The number of rotatable bonds is 8. The third-order valence-corrected chi connectivity index (χ3v) is 3.61. The SMILES string of the molecule is CN=C(NCCC(=O)Nc1ccc(C)cn1)NC(C)CCC(C)C.I. The summed E-state index contributed by atoms with van der Waals surface area (Å²) in [5, 5.41) is 9.30. The van der Waals surface area contributed by atoms with E-state index in [2.05, 4.69) is 46.7 Å². The number of aliphatic imine (C=N–C) groups is 1. The summed E-state index contributed by atoms with van der Waals surface area (Å²) in [6.45, 7) is 9.07. The van der Waals surface area contributed by atoms with Crippen LogP contribution in [0.25, 0.3) is 0 Å². The van der Waals surface area contributed by atoms with Crippen LogP contribution in [0.2, 0.25) is 0 Å². The van der Waals surface area contributed by atoms with Gasteiger partial charge >= 0.3 is 0 Å². The molecule has 0 saturated carbocycles. The Labute approximate surface area is 168 Å². The van der Waals surface area contributed by atoms with Gasteiger partial charge in [-0.05, 0) is 44.2 Å². The molecule has 0 spiro atoms. The molecule has 1 amide bonds. The topological polar surface area (TPSA) is 78.4 Å². The summed E-state index contributed by atoms with van der Waals surface area (Å²) in [5.74, 6) is 1.94. The van der Waals surface area contributed by atoms with Crippen LogP contribution in [-0.2, 0) is 4.79 Å². The lowest BCUT2D eigenvalue weighted by molar-refractivity contribution is -0.116. The molecule has 3 N–H and O–H groups in total. The van der Waals surface area contributed by atoms with Crippen LogP contribution >= 0.6 is 24.0 Å². The molecule has 0 fully saturated rings. The maximum atomic E-state index is 11.9. The van der Waals surface area contributed by atoms with Gasteiger partial charge in [-0.15, -0.1) is 24.0 Å². The molecule has 1 aromatic rings. The van der Waals surface area contributed by atoms with E-state index in [1.54, 1.807) is 19.3 Å². The van der Waals surface area contributed by atoms with Crippen molar-refractivity contribution in [3.63, 3.8) is 0 Å². The molecule has 0 aliphatic heterocycles. The van der Waals surface area contributed by atoms with Gasteiger partial charge in [-0.25, -0.2) is 4.98 Å². The minimum atomic E-state index is -0.0674. The normalized spacial score (nSPS) is 12.3. The summed E-state index contributed by atoms with van der Waals surface area (Å²) in [7, 11) is 1.74. The largest absolute Gasteiger partial charge is 0.356 e. The Balaban J connectivity index is 0.00000576. The molecule has 25 heavy (non-hydrogen) atoms. The molecule has 1 heterocycles. The van der Waals surface area contributed by atoms with Gasteiger partial charge in [-0.1, -0.05) is 19.9 Å². The fourth-order valence-corrected chi connectivity index (χ4v) is 2.13. The van der Waals surface area contributed by atoms with E-state index in [9.17, 15) is 4.79 Å². The number of aryl methyl sites for hydroxylation is 1. The Kier molecular flexibility index (Phi) is 12.2. The maximum absolute atomic E-state index is 11.9. The minimum Gasteiger partial charge on any atom is -0.356 e. The zero-order valence-corrected chi connectivity index (χ0v) is 18.3. The molecular weight excluding hydrogens is 429 g/mol. The van der Waals surface area contributed by atoms with Crippen molar-refractivity contribution < 1.29 is 4.79 Å². The highest BCUT2D eigenvalue weighted by Gasteiger charge is 2.07. The van der Waals surface area contributed by atoms with Crippen molar-refractivity contribution in [1.29, 1.82) is 0 Å². The highest BCUT2D eigenvalue weighted by molar-refractivity contribution is 14.0. The van der Waals surface area contributed by atoms with E-state index in [-0.39, 0.29) is 29.9 Å². The zero-order chi connectivity index (χ0) is 17.9. The molecule has 142 valence electrons. The molecule has 0 radical (unpaired) electrons. The smallest absolute Gasteiger partial charge is 0.227 e. The summed E-state index contributed by atoms with van der Waals surface area (Å²) in [6, 6.07) is 4.08. The van der Waals surface area contributed by atoms with E-state index in [1.165, 1.54) is 6.42 Å². The third kappa shape index (κ3) is 11.0. The summed E-state index contributed by atoms with van der Waals surface area (Å²) in [6.07, 6.45) is 4.36. The Hall–Kier alpha value is -1.38. The van der Waals surface area contributed by atoms with E-state index in [0.717, 1.165) is 17.9 Å². The lowest BCUT2D eigenvalue weighted by Crippen LogP contribution is -2.43. The number of nitrogens with zero attached hydrogens (tertiary/aromatic N) is 2. The van der Waals surface area contributed by atoms with Gasteiger partial charge in [0.05, 0.1) is 0 Å². The average molecular weight is 461 g/mol. The van der Waals surface area contributed by atoms with Gasteiger partial charge in [0.1, 0.15) is 5.82 Å². The number of pyridine rings is 1. The first kappa shape index (κ1) is 23.6. The number of hydrogen-bond acceptors (Lipinski definition) is 3. The van der Waals surface area contributed by atoms with E-state index in [4.69, 9.17) is 0 Å². The molecule has 0 bridgehead atoms.